The maximum atomic E-state index is 12.3. The quantitative estimate of drug-likeness (QED) is 0.571. The Morgan fingerprint density at radius 3 is 2.50 bits per heavy atom. The van der Waals surface area contributed by atoms with Crippen LogP contribution >= 0.6 is 0 Å². The summed E-state index contributed by atoms with van der Waals surface area (Å²) in [5.41, 5.74) is 0. The van der Waals surface area contributed by atoms with Gasteiger partial charge in [-0.25, -0.2) is 8.42 Å². The minimum atomic E-state index is -4.73. The lowest BCUT2D eigenvalue weighted by atomic mass is 10.2. The second kappa shape index (κ2) is 6.61. The molecule has 130 valence electrons. The third kappa shape index (κ3) is 4.48. The van der Waals surface area contributed by atoms with E-state index in [9.17, 15) is 21.6 Å². The van der Waals surface area contributed by atoms with Crippen molar-refractivity contribution in [1.82, 2.24) is 10.2 Å². The van der Waals surface area contributed by atoms with Crippen LogP contribution in [0.4, 0.5) is 13.2 Å². The number of hydrogen-bond donors (Lipinski definition) is 2. The molecule has 1 unspecified atom stereocenters. The topological polar surface area (TPSA) is 82.0 Å². The van der Waals surface area contributed by atoms with E-state index in [1.54, 1.807) is 25.7 Å². The van der Waals surface area contributed by atoms with Gasteiger partial charge in [-0.05, 0) is 20.8 Å². The number of alkyl halides is 3. The number of aliphatic hydroxyl groups is 1. The van der Waals surface area contributed by atoms with E-state index in [2.05, 4.69) is 10.3 Å². The summed E-state index contributed by atoms with van der Waals surface area (Å²) in [6, 6.07) is 0. The Labute approximate surface area is 128 Å². The van der Waals surface area contributed by atoms with Gasteiger partial charge in [0, 0.05) is 19.6 Å². The first kappa shape index (κ1) is 19.0. The Morgan fingerprint density at radius 2 is 2.05 bits per heavy atom. The van der Waals surface area contributed by atoms with Crippen molar-refractivity contribution in [2.75, 3.05) is 31.9 Å². The zero-order chi connectivity index (χ0) is 17.2. The second-order valence-electron chi connectivity index (χ2n) is 5.75. The van der Waals surface area contributed by atoms with Gasteiger partial charge in [-0.3, -0.25) is 4.99 Å². The lowest BCUT2D eigenvalue weighted by Crippen LogP contribution is -2.57. The average molecular weight is 345 g/mol. The fraction of sp³-hybridized carbons (Fsp3) is 0.917. The molecule has 0 saturated carbocycles. The Bertz CT molecular complexity index is 517. The number of hydrogen-bond acceptors (Lipinski definition) is 4. The van der Waals surface area contributed by atoms with Crippen LogP contribution < -0.4 is 5.32 Å². The highest BCUT2D eigenvalue weighted by atomic mass is 32.2. The number of aliphatic imine (C=N–C) groups is 1. The van der Waals surface area contributed by atoms with Crippen LogP contribution in [0.2, 0.25) is 0 Å². The summed E-state index contributed by atoms with van der Waals surface area (Å²) in [6.45, 7) is 4.77. The molecule has 1 aliphatic rings. The van der Waals surface area contributed by atoms with Crippen molar-refractivity contribution in [3.8, 4) is 0 Å². The number of sulfone groups is 1. The maximum Gasteiger partial charge on any atom is 0.416 e. The van der Waals surface area contributed by atoms with Crippen molar-refractivity contribution in [1.29, 1.82) is 0 Å². The predicted molar refractivity (Wildman–Crippen MR) is 77.5 cm³/mol. The first-order valence-corrected chi connectivity index (χ1v) is 8.56. The van der Waals surface area contributed by atoms with Crippen molar-refractivity contribution in [2.24, 2.45) is 4.99 Å². The summed E-state index contributed by atoms with van der Waals surface area (Å²) < 4.78 is 59.9. The highest BCUT2D eigenvalue weighted by Gasteiger charge is 2.41. The van der Waals surface area contributed by atoms with Crippen molar-refractivity contribution >= 4 is 15.8 Å². The number of aliphatic hydroxyl groups excluding tert-OH is 1. The van der Waals surface area contributed by atoms with Gasteiger partial charge in [-0.1, -0.05) is 0 Å². The van der Waals surface area contributed by atoms with Gasteiger partial charge in [0.05, 0.1) is 17.0 Å². The van der Waals surface area contributed by atoms with Crippen LogP contribution in [-0.4, -0.2) is 73.3 Å². The highest BCUT2D eigenvalue weighted by Crippen LogP contribution is 2.24. The van der Waals surface area contributed by atoms with E-state index < -0.39 is 33.4 Å². The van der Waals surface area contributed by atoms with Gasteiger partial charge in [-0.2, -0.15) is 13.2 Å². The molecule has 0 spiro atoms. The zero-order valence-electron chi connectivity index (χ0n) is 12.8. The summed E-state index contributed by atoms with van der Waals surface area (Å²) in [6.07, 6.45) is -7.27. The van der Waals surface area contributed by atoms with E-state index in [0.29, 0.717) is 6.54 Å². The summed E-state index contributed by atoms with van der Waals surface area (Å²) in [4.78, 5) is 5.39. The Kier molecular flexibility index (Phi) is 5.71. The third-order valence-corrected chi connectivity index (χ3v) is 6.00. The highest BCUT2D eigenvalue weighted by molar-refractivity contribution is 7.92. The number of halogens is 3. The smallest absolute Gasteiger partial charge is 0.382 e. The van der Waals surface area contributed by atoms with Crippen molar-refractivity contribution in [3.05, 3.63) is 0 Å². The van der Waals surface area contributed by atoms with Crippen molar-refractivity contribution in [2.45, 2.75) is 37.8 Å². The van der Waals surface area contributed by atoms with E-state index in [4.69, 9.17) is 5.11 Å². The third-order valence-electron chi connectivity index (χ3n) is 3.47. The summed E-state index contributed by atoms with van der Waals surface area (Å²) in [5.74, 6) is 0.0838. The van der Waals surface area contributed by atoms with E-state index in [-0.39, 0.29) is 24.8 Å². The summed E-state index contributed by atoms with van der Waals surface area (Å²) in [5, 5.41) is 11.8. The summed E-state index contributed by atoms with van der Waals surface area (Å²) in [7, 11) is -3.25. The fourth-order valence-corrected chi connectivity index (χ4v) is 3.39. The Morgan fingerprint density at radius 1 is 1.45 bits per heavy atom. The van der Waals surface area contributed by atoms with E-state index in [0.717, 1.165) is 0 Å². The van der Waals surface area contributed by atoms with Crippen LogP contribution in [0, 0.1) is 0 Å². The van der Waals surface area contributed by atoms with E-state index in [1.165, 1.54) is 0 Å². The number of guanidine groups is 1. The van der Waals surface area contributed by atoms with Crippen molar-refractivity contribution in [3.63, 3.8) is 0 Å². The lowest BCUT2D eigenvalue weighted by Gasteiger charge is -2.39. The van der Waals surface area contributed by atoms with Gasteiger partial charge >= 0.3 is 6.18 Å². The van der Waals surface area contributed by atoms with Crippen LogP contribution in [0.1, 0.15) is 20.8 Å². The normalized spacial score (nSPS) is 23.2. The lowest BCUT2D eigenvalue weighted by molar-refractivity contribution is -0.199. The van der Waals surface area contributed by atoms with Crippen LogP contribution in [0.5, 0.6) is 0 Å². The SMILES string of the molecule is CCNC(=NCC(O)C(F)(F)F)N1CCS(=O)(=O)C(C)(C)C1. The molecule has 1 atom stereocenters. The standard InChI is InChI=1S/C12H22F3N3O3S/c1-4-16-10(17-7-9(19)12(13,14)15)18-5-6-22(20,21)11(2,3)8-18/h9,19H,4-8H2,1-3H3,(H,16,17). The van der Waals surface area contributed by atoms with E-state index in [1.807, 2.05) is 0 Å². The first-order chi connectivity index (χ1) is 9.90. The average Bonchev–Trinajstić information content (AvgIpc) is 2.36. The molecule has 0 amide bonds. The van der Waals surface area contributed by atoms with Gasteiger partial charge < -0.3 is 15.3 Å². The largest absolute Gasteiger partial charge is 0.416 e. The monoisotopic (exact) mass is 345 g/mol. The van der Waals surface area contributed by atoms with Gasteiger partial charge in [0.25, 0.3) is 0 Å². The molecule has 1 aliphatic heterocycles. The molecular weight excluding hydrogens is 323 g/mol. The van der Waals surface area contributed by atoms with Crippen LogP contribution in [-0.2, 0) is 9.84 Å². The number of nitrogens with zero attached hydrogens (tertiary/aromatic N) is 2. The molecule has 2 N–H and O–H groups in total. The second-order valence-corrected chi connectivity index (χ2v) is 8.50. The van der Waals surface area contributed by atoms with Gasteiger partial charge in [0.15, 0.2) is 21.9 Å². The molecular formula is C12H22F3N3O3S. The molecule has 22 heavy (non-hydrogen) atoms. The summed E-state index contributed by atoms with van der Waals surface area (Å²) >= 11 is 0. The van der Waals surface area contributed by atoms with Gasteiger partial charge in [0.1, 0.15) is 0 Å². The van der Waals surface area contributed by atoms with Gasteiger partial charge in [-0.15, -0.1) is 0 Å². The van der Waals surface area contributed by atoms with Crippen LogP contribution in [0.25, 0.3) is 0 Å². The molecule has 1 fully saturated rings. The molecule has 0 bridgehead atoms. The molecule has 6 nitrogen and oxygen atoms in total. The first-order valence-electron chi connectivity index (χ1n) is 6.91. The number of rotatable bonds is 3. The molecule has 1 saturated heterocycles. The minimum Gasteiger partial charge on any atom is -0.382 e. The predicted octanol–water partition coefficient (Wildman–Crippen LogP) is 0.384. The Hall–Kier alpha value is -1.03. The molecule has 0 aromatic heterocycles. The van der Waals surface area contributed by atoms with Crippen molar-refractivity contribution < 1.29 is 26.7 Å². The maximum absolute atomic E-state index is 12.3. The molecule has 0 radical (unpaired) electrons. The molecule has 0 aromatic carbocycles. The van der Waals surface area contributed by atoms with Gasteiger partial charge in [0.2, 0.25) is 0 Å². The minimum absolute atomic E-state index is 0.0910. The molecule has 0 aliphatic carbocycles. The fourth-order valence-electron chi connectivity index (χ4n) is 2.03. The van der Waals surface area contributed by atoms with Crippen LogP contribution in [0.3, 0.4) is 0 Å². The van der Waals surface area contributed by atoms with E-state index >= 15 is 0 Å². The Balaban J connectivity index is 2.88. The molecule has 10 heteroatoms. The molecule has 1 rings (SSSR count). The molecule has 0 aromatic rings. The molecule has 1 heterocycles. The number of nitrogens with one attached hydrogen (secondary N) is 1. The zero-order valence-corrected chi connectivity index (χ0v) is 13.6. The van der Waals surface area contributed by atoms with Crippen LogP contribution in [0.15, 0.2) is 4.99 Å².